The summed E-state index contributed by atoms with van der Waals surface area (Å²) in [5.41, 5.74) is 1.93. The van der Waals surface area contributed by atoms with E-state index in [2.05, 4.69) is 15.3 Å². The molecular formula is C12H13ClN4. The van der Waals surface area contributed by atoms with Gasteiger partial charge in [0, 0.05) is 5.02 Å². The molecule has 2 rings (SSSR count). The molecule has 17 heavy (non-hydrogen) atoms. The quantitative estimate of drug-likeness (QED) is 0.767. The average Bonchev–Trinajstić information content (AvgIpc) is 2.61. The molecule has 0 aliphatic carbocycles. The fourth-order valence-corrected chi connectivity index (χ4v) is 1.63. The van der Waals surface area contributed by atoms with Crippen molar-refractivity contribution in [2.45, 2.75) is 20.8 Å². The highest BCUT2D eigenvalue weighted by Crippen LogP contribution is 2.11. The molecule has 0 amide bonds. The van der Waals surface area contributed by atoms with Gasteiger partial charge in [0.15, 0.2) is 11.6 Å². The molecule has 0 spiro atoms. The predicted molar refractivity (Wildman–Crippen MR) is 68.6 cm³/mol. The number of hydrogen-bond acceptors (Lipinski definition) is 3. The normalized spacial score (nSPS) is 11.9. The van der Waals surface area contributed by atoms with Crippen molar-refractivity contribution in [2.24, 2.45) is 5.10 Å². The van der Waals surface area contributed by atoms with Crippen molar-refractivity contribution in [1.82, 2.24) is 14.9 Å². The van der Waals surface area contributed by atoms with E-state index in [-0.39, 0.29) is 0 Å². The molecule has 0 atom stereocenters. The van der Waals surface area contributed by atoms with Gasteiger partial charge in [0.2, 0.25) is 0 Å². The Bertz CT molecular complexity index is 535. The number of nitrogens with zero attached hydrogens (tertiary/aromatic N) is 4. The van der Waals surface area contributed by atoms with Crippen LogP contribution in [0.4, 0.5) is 0 Å². The van der Waals surface area contributed by atoms with Crippen molar-refractivity contribution in [1.29, 1.82) is 0 Å². The summed E-state index contributed by atoms with van der Waals surface area (Å²) in [7, 11) is 0. The third-order valence-electron chi connectivity index (χ3n) is 2.46. The van der Waals surface area contributed by atoms with Gasteiger partial charge in [0.25, 0.3) is 0 Å². The molecule has 0 unspecified atom stereocenters. The molecule has 4 nitrogen and oxygen atoms in total. The van der Waals surface area contributed by atoms with E-state index >= 15 is 0 Å². The minimum absolute atomic E-state index is 0.721. The Morgan fingerprint density at radius 1 is 1.12 bits per heavy atom. The summed E-state index contributed by atoms with van der Waals surface area (Å²) in [6.45, 7) is 5.69. The third-order valence-corrected chi connectivity index (χ3v) is 2.72. The zero-order valence-electron chi connectivity index (χ0n) is 9.98. The van der Waals surface area contributed by atoms with Gasteiger partial charge >= 0.3 is 0 Å². The lowest BCUT2D eigenvalue weighted by atomic mass is 10.1. The second-order valence-electron chi connectivity index (χ2n) is 3.80. The lowest BCUT2D eigenvalue weighted by Crippen LogP contribution is -2.02. The Morgan fingerprint density at radius 3 is 2.18 bits per heavy atom. The SMILES string of the molecule is C/C(=N/n1c(C)nnc1C)c1ccc(Cl)cc1. The Hall–Kier alpha value is -1.68. The number of halogens is 1. The molecule has 0 bridgehead atoms. The monoisotopic (exact) mass is 248 g/mol. The lowest BCUT2D eigenvalue weighted by Gasteiger charge is -2.03. The highest BCUT2D eigenvalue weighted by molar-refractivity contribution is 6.30. The van der Waals surface area contributed by atoms with Crippen LogP contribution in [0.25, 0.3) is 0 Å². The number of benzene rings is 1. The van der Waals surface area contributed by atoms with Crippen LogP contribution in [0, 0.1) is 13.8 Å². The van der Waals surface area contributed by atoms with Gasteiger partial charge in [-0.2, -0.15) is 5.10 Å². The maximum Gasteiger partial charge on any atom is 0.151 e. The van der Waals surface area contributed by atoms with Gasteiger partial charge in [-0.25, -0.2) is 4.68 Å². The van der Waals surface area contributed by atoms with Crippen LogP contribution < -0.4 is 0 Å². The number of hydrogen-bond donors (Lipinski definition) is 0. The summed E-state index contributed by atoms with van der Waals surface area (Å²) in [6.07, 6.45) is 0. The van der Waals surface area contributed by atoms with E-state index in [4.69, 9.17) is 11.6 Å². The van der Waals surface area contributed by atoms with Gasteiger partial charge < -0.3 is 0 Å². The lowest BCUT2D eigenvalue weighted by molar-refractivity contribution is 0.793. The average molecular weight is 249 g/mol. The van der Waals surface area contributed by atoms with E-state index < -0.39 is 0 Å². The minimum atomic E-state index is 0.721. The molecule has 1 aromatic carbocycles. The van der Waals surface area contributed by atoms with Gasteiger partial charge in [0.05, 0.1) is 5.71 Å². The first-order valence-corrected chi connectivity index (χ1v) is 5.66. The van der Waals surface area contributed by atoms with Crippen LogP contribution >= 0.6 is 11.6 Å². The number of aryl methyl sites for hydroxylation is 2. The van der Waals surface area contributed by atoms with Crippen molar-refractivity contribution < 1.29 is 0 Å². The fraction of sp³-hybridized carbons (Fsp3) is 0.250. The van der Waals surface area contributed by atoms with Crippen LogP contribution in [0.2, 0.25) is 5.02 Å². The molecule has 1 heterocycles. The third kappa shape index (κ3) is 2.53. The van der Waals surface area contributed by atoms with Crippen molar-refractivity contribution in [3.8, 4) is 0 Å². The van der Waals surface area contributed by atoms with Gasteiger partial charge in [-0.05, 0) is 38.5 Å². The summed E-state index contributed by atoms with van der Waals surface area (Å²) in [5, 5.41) is 13.1. The maximum atomic E-state index is 5.84. The second kappa shape index (κ2) is 4.67. The second-order valence-corrected chi connectivity index (χ2v) is 4.23. The molecule has 0 saturated heterocycles. The predicted octanol–water partition coefficient (Wildman–Crippen LogP) is 2.82. The molecule has 1 aromatic heterocycles. The molecule has 2 aromatic rings. The molecule has 0 saturated carbocycles. The summed E-state index contributed by atoms with van der Waals surface area (Å²) in [4.78, 5) is 0. The summed E-state index contributed by atoms with van der Waals surface area (Å²) in [5.74, 6) is 1.55. The van der Waals surface area contributed by atoms with Gasteiger partial charge in [-0.3, -0.25) is 0 Å². The molecule has 88 valence electrons. The van der Waals surface area contributed by atoms with Crippen LogP contribution in [-0.2, 0) is 0 Å². The Balaban J connectivity index is 2.37. The van der Waals surface area contributed by atoms with Crippen molar-refractivity contribution in [3.05, 3.63) is 46.5 Å². The summed E-state index contributed by atoms with van der Waals surface area (Å²) >= 11 is 5.84. The highest BCUT2D eigenvalue weighted by Gasteiger charge is 2.04. The van der Waals surface area contributed by atoms with Crippen LogP contribution in [0.3, 0.4) is 0 Å². The molecule has 0 radical (unpaired) electrons. The first-order valence-electron chi connectivity index (χ1n) is 5.28. The van der Waals surface area contributed by atoms with E-state index in [1.165, 1.54) is 0 Å². The summed E-state index contributed by atoms with van der Waals surface area (Å²) < 4.78 is 1.73. The molecule has 5 heteroatoms. The van der Waals surface area contributed by atoms with Crippen LogP contribution in [-0.4, -0.2) is 20.6 Å². The van der Waals surface area contributed by atoms with Crippen LogP contribution in [0.1, 0.15) is 24.1 Å². The van der Waals surface area contributed by atoms with E-state index in [9.17, 15) is 0 Å². The Morgan fingerprint density at radius 2 is 1.65 bits per heavy atom. The van der Waals surface area contributed by atoms with Crippen LogP contribution in [0.15, 0.2) is 29.4 Å². The van der Waals surface area contributed by atoms with Crippen molar-refractivity contribution >= 4 is 17.3 Å². The van der Waals surface area contributed by atoms with E-state index in [1.54, 1.807) is 4.68 Å². The Labute approximate surface area is 105 Å². The maximum absolute atomic E-state index is 5.84. The van der Waals surface area contributed by atoms with Gasteiger partial charge in [-0.1, -0.05) is 23.7 Å². The molecule has 0 N–H and O–H groups in total. The van der Waals surface area contributed by atoms with Crippen LogP contribution in [0.5, 0.6) is 0 Å². The first-order chi connectivity index (χ1) is 8.08. The fourth-order valence-electron chi connectivity index (χ4n) is 1.51. The highest BCUT2D eigenvalue weighted by atomic mass is 35.5. The smallest absolute Gasteiger partial charge is 0.151 e. The van der Waals surface area contributed by atoms with E-state index in [1.807, 2.05) is 45.0 Å². The largest absolute Gasteiger partial charge is 0.202 e. The van der Waals surface area contributed by atoms with Gasteiger partial charge in [-0.15, -0.1) is 10.2 Å². The Kier molecular flexibility index (Phi) is 3.24. The summed E-state index contributed by atoms with van der Waals surface area (Å²) in [6, 6.07) is 7.58. The van der Waals surface area contributed by atoms with E-state index in [0.29, 0.717) is 0 Å². The molecule has 0 fully saturated rings. The zero-order valence-corrected chi connectivity index (χ0v) is 10.7. The van der Waals surface area contributed by atoms with E-state index in [0.717, 1.165) is 27.9 Å². The number of rotatable bonds is 2. The zero-order chi connectivity index (χ0) is 12.4. The topological polar surface area (TPSA) is 43.1 Å². The standard InChI is InChI=1S/C12H13ClN4/c1-8(11-4-6-12(13)7-5-11)16-17-9(2)14-15-10(17)3/h4-7H,1-3H3/b16-8-. The van der Waals surface area contributed by atoms with Crippen molar-refractivity contribution in [3.63, 3.8) is 0 Å². The van der Waals surface area contributed by atoms with Crippen molar-refractivity contribution in [2.75, 3.05) is 0 Å². The first kappa shape index (κ1) is 11.8. The molecule has 0 aliphatic heterocycles. The van der Waals surface area contributed by atoms with Gasteiger partial charge in [0.1, 0.15) is 0 Å². The number of aromatic nitrogens is 3. The molecular weight excluding hydrogens is 236 g/mol. The minimum Gasteiger partial charge on any atom is -0.202 e. The molecule has 0 aliphatic rings.